The summed E-state index contributed by atoms with van der Waals surface area (Å²) in [6.07, 6.45) is 3.14. The normalized spacial score (nSPS) is 11.7. The van der Waals surface area contributed by atoms with Crippen LogP contribution in [0.3, 0.4) is 0 Å². The van der Waals surface area contributed by atoms with Gasteiger partial charge < -0.3 is 4.74 Å². The van der Waals surface area contributed by atoms with Crippen LogP contribution in [0.15, 0.2) is 40.0 Å². The first-order valence-electron chi connectivity index (χ1n) is 6.24. The number of nitrogens with zero attached hydrogens (tertiary/aromatic N) is 2. The lowest BCUT2D eigenvalue weighted by Crippen LogP contribution is -2.12. The van der Waals surface area contributed by atoms with Crippen LogP contribution in [0.4, 0.5) is 5.69 Å². The molecular formula is C13H16BrN3O3S. The number of aromatic nitrogens is 2. The van der Waals surface area contributed by atoms with Gasteiger partial charge in [0.05, 0.1) is 28.4 Å². The van der Waals surface area contributed by atoms with E-state index in [-0.39, 0.29) is 10.9 Å². The largest absolute Gasteiger partial charge is 0.496 e. The topological polar surface area (TPSA) is 73.2 Å². The van der Waals surface area contributed by atoms with Crippen molar-refractivity contribution < 1.29 is 13.2 Å². The average molecular weight is 374 g/mol. The Hall–Kier alpha value is -1.54. The van der Waals surface area contributed by atoms with Gasteiger partial charge in [0.15, 0.2) is 0 Å². The van der Waals surface area contributed by atoms with E-state index in [4.69, 9.17) is 4.74 Å². The van der Waals surface area contributed by atoms with E-state index in [1.807, 2.05) is 13.8 Å². The maximum atomic E-state index is 12.3. The molecule has 0 bridgehead atoms. The predicted octanol–water partition coefficient (Wildman–Crippen LogP) is 3.04. The number of benzene rings is 1. The lowest BCUT2D eigenvalue weighted by molar-refractivity contribution is 0.411. The van der Waals surface area contributed by atoms with Crippen LogP contribution < -0.4 is 9.46 Å². The number of hydrogen-bond donors (Lipinski definition) is 1. The first kappa shape index (κ1) is 15.8. The predicted molar refractivity (Wildman–Crippen MR) is 84.1 cm³/mol. The molecule has 1 N–H and O–H groups in total. The summed E-state index contributed by atoms with van der Waals surface area (Å²) in [7, 11) is -2.14. The average Bonchev–Trinajstić information content (AvgIpc) is 2.86. The Bertz CT molecular complexity index is 741. The first-order chi connectivity index (χ1) is 9.83. The molecule has 2 rings (SSSR count). The molecule has 0 spiro atoms. The summed E-state index contributed by atoms with van der Waals surface area (Å²) in [5.41, 5.74) is 0.427. The van der Waals surface area contributed by atoms with Crippen LogP contribution in [-0.4, -0.2) is 25.3 Å². The monoisotopic (exact) mass is 373 g/mol. The highest BCUT2D eigenvalue weighted by molar-refractivity contribution is 9.10. The second kappa shape index (κ2) is 6.07. The molecule has 0 aliphatic heterocycles. The molecule has 0 saturated carbocycles. The number of halogens is 1. The van der Waals surface area contributed by atoms with Crippen molar-refractivity contribution in [3.63, 3.8) is 0 Å². The van der Waals surface area contributed by atoms with E-state index in [2.05, 4.69) is 25.8 Å². The smallest absolute Gasteiger partial charge is 0.262 e. The fourth-order valence-electron chi connectivity index (χ4n) is 1.70. The number of sulfonamides is 1. The van der Waals surface area contributed by atoms with Crippen LogP contribution in [-0.2, 0) is 10.0 Å². The van der Waals surface area contributed by atoms with Gasteiger partial charge in [0.25, 0.3) is 10.0 Å². The van der Waals surface area contributed by atoms with Gasteiger partial charge in [-0.15, -0.1) is 0 Å². The highest BCUT2D eigenvalue weighted by Crippen LogP contribution is 2.28. The zero-order valence-electron chi connectivity index (χ0n) is 11.9. The van der Waals surface area contributed by atoms with Crippen molar-refractivity contribution in [1.29, 1.82) is 0 Å². The van der Waals surface area contributed by atoms with Crippen molar-refractivity contribution in [3.8, 4) is 5.75 Å². The molecule has 0 radical (unpaired) electrons. The van der Waals surface area contributed by atoms with Crippen molar-refractivity contribution in [1.82, 2.24) is 9.78 Å². The van der Waals surface area contributed by atoms with Gasteiger partial charge in [-0.25, -0.2) is 8.42 Å². The molecule has 0 aliphatic rings. The zero-order chi connectivity index (χ0) is 15.6. The van der Waals surface area contributed by atoms with Gasteiger partial charge in [0.1, 0.15) is 5.75 Å². The number of methoxy groups -OCH3 is 1. The molecule has 0 fully saturated rings. The fourth-order valence-corrected chi connectivity index (χ4v) is 3.45. The lowest BCUT2D eigenvalue weighted by atomic mass is 10.3. The second-order valence-corrected chi connectivity index (χ2v) is 7.24. The van der Waals surface area contributed by atoms with Gasteiger partial charge in [-0.1, -0.05) is 0 Å². The van der Waals surface area contributed by atoms with Crippen LogP contribution in [0.2, 0.25) is 0 Å². The molecular weight excluding hydrogens is 358 g/mol. The van der Waals surface area contributed by atoms with Crippen molar-refractivity contribution in [3.05, 3.63) is 35.1 Å². The van der Waals surface area contributed by atoms with E-state index in [1.165, 1.54) is 25.4 Å². The molecule has 0 unspecified atom stereocenters. The maximum Gasteiger partial charge on any atom is 0.262 e. The molecule has 6 nitrogen and oxygen atoms in total. The summed E-state index contributed by atoms with van der Waals surface area (Å²) in [6, 6.07) is 4.74. The quantitative estimate of drug-likeness (QED) is 0.873. The molecule has 0 saturated heterocycles. The molecule has 8 heteroatoms. The van der Waals surface area contributed by atoms with Crippen molar-refractivity contribution in [2.45, 2.75) is 24.8 Å². The summed E-state index contributed by atoms with van der Waals surface area (Å²) < 4.78 is 34.5. The Morgan fingerprint density at radius 3 is 2.62 bits per heavy atom. The zero-order valence-corrected chi connectivity index (χ0v) is 14.3. The summed E-state index contributed by atoms with van der Waals surface area (Å²) in [4.78, 5) is 0.146. The summed E-state index contributed by atoms with van der Waals surface area (Å²) >= 11 is 3.27. The van der Waals surface area contributed by atoms with Crippen LogP contribution in [0.1, 0.15) is 19.9 Å². The number of rotatable bonds is 5. The third kappa shape index (κ3) is 3.56. The van der Waals surface area contributed by atoms with Crippen LogP contribution in [0.5, 0.6) is 5.75 Å². The summed E-state index contributed by atoms with van der Waals surface area (Å²) in [5.74, 6) is 0.571. The molecule has 0 amide bonds. The molecule has 1 aromatic carbocycles. The van der Waals surface area contributed by atoms with Gasteiger partial charge in [0.2, 0.25) is 0 Å². The third-order valence-corrected chi connectivity index (χ3v) is 4.82. The molecule has 0 atom stereocenters. The standard InChI is InChI=1S/C13H16BrN3O3S/c1-9(2)17-8-10(7-15-17)16-21(18,19)11-4-5-13(20-3)12(14)6-11/h4-9,16H,1-3H3. The number of anilines is 1. The van der Waals surface area contributed by atoms with E-state index in [1.54, 1.807) is 16.9 Å². The number of ether oxygens (including phenoxy) is 1. The molecule has 1 heterocycles. The minimum Gasteiger partial charge on any atom is -0.496 e. The van der Waals surface area contributed by atoms with E-state index < -0.39 is 10.0 Å². The Morgan fingerprint density at radius 2 is 2.10 bits per heavy atom. The van der Waals surface area contributed by atoms with Gasteiger partial charge >= 0.3 is 0 Å². The minimum absolute atomic E-state index is 0.146. The van der Waals surface area contributed by atoms with E-state index in [9.17, 15) is 8.42 Å². The highest BCUT2D eigenvalue weighted by atomic mass is 79.9. The fraction of sp³-hybridized carbons (Fsp3) is 0.308. The van der Waals surface area contributed by atoms with Crippen LogP contribution in [0, 0.1) is 0 Å². The second-order valence-electron chi connectivity index (χ2n) is 4.70. The molecule has 2 aromatic rings. The van der Waals surface area contributed by atoms with Gasteiger partial charge in [-0.05, 0) is 48.0 Å². The van der Waals surface area contributed by atoms with Gasteiger partial charge in [0, 0.05) is 12.2 Å². The maximum absolute atomic E-state index is 12.3. The third-order valence-electron chi connectivity index (χ3n) is 2.82. The van der Waals surface area contributed by atoms with E-state index in [0.29, 0.717) is 15.9 Å². The Morgan fingerprint density at radius 1 is 1.38 bits per heavy atom. The highest BCUT2D eigenvalue weighted by Gasteiger charge is 2.17. The molecule has 21 heavy (non-hydrogen) atoms. The van der Waals surface area contributed by atoms with Crippen molar-refractivity contribution in [2.75, 3.05) is 11.8 Å². The Labute approximate surface area is 132 Å². The van der Waals surface area contributed by atoms with E-state index in [0.717, 1.165) is 0 Å². The Kier molecular flexibility index (Phi) is 4.58. The minimum atomic E-state index is -3.66. The van der Waals surface area contributed by atoms with Crippen LogP contribution >= 0.6 is 15.9 Å². The molecule has 0 aliphatic carbocycles. The molecule has 114 valence electrons. The molecule has 1 aromatic heterocycles. The Balaban J connectivity index is 2.27. The number of hydrogen-bond acceptors (Lipinski definition) is 4. The first-order valence-corrected chi connectivity index (χ1v) is 8.51. The summed E-state index contributed by atoms with van der Waals surface area (Å²) in [6.45, 7) is 3.93. The van der Waals surface area contributed by atoms with Crippen LogP contribution in [0.25, 0.3) is 0 Å². The number of nitrogens with one attached hydrogen (secondary N) is 1. The van der Waals surface area contributed by atoms with E-state index >= 15 is 0 Å². The van der Waals surface area contributed by atoms with Gasteiger partial charge in [-0.3, -0.25) is 9.40 Å². The van der Waals surface area contributed by atoms with Gasteiger partial charge in [-0.2, -0.15) is 5.10 Å². The lowest BCUT2D eigenvalue weighted by Gasteiger charge is -2.08. The summed E-state index contributed by atoms with van der Waals surface area (Å²) in [5, 5.41) is 4.10. The SMILES string of the molecule is COc1ccc(S(=O)(=O)Nc2cnn(C(C)C)c2)cc1Br. The van der Waals surface area contributed by atoms with Crippen molar-refractivity contribution >= 4 is 31.6 Å². The van der Waals surface area contributed by atoms with Crippen molar-refractivity contribution in [2.24, 2.45) is 0 Å².